The Labute approximate surface area is 98.0 Å². The molecule has 1 atom stereocenters. The lowest BCUT2D eigenvalue weighted by Crippen LogP contribution is -2.44. The molecule has 0 bridgehead atoms. The quantitative estimate of drug-likeness (QED) is 0.747. The van der Waals surface area contributed by atoms with E-state index in [0.29, 0.717) is 11.9 Å². The third kappa shape index (κ3) is 2.95. The lowest BCUT2D eigenvalue weighted by atomic mass is 10.2. The van der Waals surface area contributed by atoms with Crippen molar-refractivity contribution in [3.8, 4) is 0 Å². The van der Waals surface area contributed by atoms with Gasteiger partial charge in [-0.05, 0) is 26.3 Å². The number of carbonyl (C=O) groups excluding carboxylic acids is 1. The first kappa shape index (κ1) is 11.9. The fourth-order valence-corrected chi connectivity index (χ4v) is 2.62. The summed E-state index contributed by atoms with van der Waals surface area (Å²) in [5.41, 5.74) is 0. The molecular weight excluding hydrogens is 202 g/mol. The van der Waals surface area contributed by atoms with Crippen molar-refractivity contribution in [3.63, 3.8) is 0 Å². The number of nitrogens with one attached hydrogen (secondary N) is 1. The first-order valence-corrected chi connectivity index (χ1v) is 6.50. The standard InChI is InChI=1S/C12H23N3O/c1-11-3-4-12(16)15(11)8-2-7-14-9-5-13-6-10-14/h11,13H,2-10H2,1H3. The minimum atomic E-state index is 0.354. The maximum atomic E-state index is 11.6. The summed E-state index contributed by atoms with van der Waals surface area (Å²) in [5.74, 6) is 0.354. The number of amides is 1. The summed E-state index contributed by atoms with van der Waals surface area (Å²) in [5, 5.41) is 3.35. The average molecular weight is 225 g/mol. The van der Waals surface area contributed by atoms with E-state index in [0.717, 1.165) is 58.5 Å². The molecule has 0 aliphatic carbocycles. The summed E-state index contributed by atoms with van der Waals surface area (Å²) >= 11 is 0. The van der Waals surface area contributed by atoms with Gasteiger partial charge in [-0.3, -0.25) is 4.79 Å². The van der Waals surface area contributed by atoms with Gasteiger partial charge in [0, 0.05) is 45.2 Å². The zero-order valence-electron chi connectivity index (χ0n) is 10.2. The fraction of sp³-hybridized carbons (Fsp3) is 0.917. The van der Waals surface area contributed by atoms with Gasteiger partial charge in [-0.15, -0.1) is 0 Å². The van der Waals surface area contributed by atoms with Crippen molar-refractivity contribution < 1.29 is 4.79 Å². The third-order valence-corrected chi connectivity index (χ3v) is 3.71. The van der Waals surface area contributed by atoms with Crippen LogP contribution in [-0.4, -0.2) is 61.0 Å². The van der Waals surface area contributed by atoms with Crippen molar-refractivity contribution >= 4 is 5.91 Å². The Morgan fingerprint density at radius 2 is 2.06 bits per heavy atom. The van der Waals surface area contributed by atoms with Crippen molar-refractivity contribution in [3.05, 3.63) is 0 Å². The van der Waals surface area contributed by atoms with Gasteiger partial charge in [0.2, 0.25) is 5.91 Å². The number of hydrogen-bond donors (Lipinski definition) is 1. The van der Waals surface area contributed by atoms with Crippen LogP contribution < -0.4 is 5.32 Å². The van der Waals surface area contributed by atoms with Crippen LogP contribution >= 0.6 is 0 Å². The highest BCUT2D eigenvalue weighted by Gasteiger charge is 2.26. The van der Waals surface area contributed by atoms with E-state index in [1.165, 1.54) is 0 Å². The normalized spacial score (nSPS) is 27.7. The molecule has 2 heterocycles. The minimum absolute atomic E-state index is 0.354. The molecule has 1 unspecified atom stereocenters. The second-order valence-corrected chi connectivity index (χ2v) is 4.92. The van der Waals surface area contributed by atoms with E-state index in [1.807, 2.05) is 0 Å². The summed E-state index contributed by atoms with van der Waals surface area (Å²) in [4.78, 5) is 16.1. The van der Waals surface area contributed by atoms with Crippen LogP contribution in [-0.2, 0) is 4.79 Å². The summed E-state index contributed by atoms with van der Waals surface area (Å²) in [6.07, 6.45) is 2.93. The largest absolute Gasteiger partial charge is 0.340 e. The molecule has 4 heteroatoms. The van der Waals surface area contributed by atoms with Crippen LogP contribution in [0.3, 0.4) is 0 Å². The van der Waals surface area contributed by atoms with E-state index in [1.54, 1.807) is 0 Å². The number of likely N-dealkylation sites (tertiary alicyclic amines) is 1. The molecule has 2 fully saturated rings. The fourth-order valence-electron chi connectivity index (χ4n) is 2.62. The van der Waals surface area contributed by atoms with Gasteiger partial charge in [0.25, 0.3) is 0 Å². The van der Waals surface area contributed by atoms with E-state index in [4.69, 9.17) is 0 Å². The average Bonchev–Trinajstić information content (AvgIpc) is 2.62. The first-order chi connectivity index (χ1) is 7.77. The maximum Gasteiger partial charge on any atom is 0.222 e. The molecule has 16 heavy (non-hydrogen) atoms. The van der Waals surface area contributed by atoms with Crippen LogP contribution in [0.2, 0.25) is 0 Å². The molecule has 0 saturated carbocycles. The predicted molar refractivity (Wildman–Crippen MR) is 64.3 cm³/mol. The molecule has 0 aromatic carbocycles. The van der Waals surface area contributed by atoms with Crippen LogP contribution in [0.5, 0.6) is 0 Å². The smallest absolute Gasteiger partial charge is 0.222 e. The van der Waals surface area contributed by atoms with Crippen molar-refractivity contribution in [2.75, 3.05) is 39.3 Å². The molecule has 2 aliphatic heterocycles. The van der Waals surface area contributed by atoms with E-state index >= 15 is 0 Å². The lowest BCUT2D eigenvalue weighted by Gasteiger charge is -2.28. The van der Waals surface area contributed by atoms with Gasteiger partial charge < -0.3 is 15.1 Å². The molecular formula is C12H23N3O. The molecule has 1 N–H and O–H groups in total. The first-order valence-electron chi connectivity index (χ1n) is 6.50. The van der Waals surface area contributed by atoms with Gasteiger partial charge in [0.05, 0.1) is 0 Å². The molecule has 2 rings (SSSR count). The molecule has 0 aromatic heterocycles. The number of piperazine rings is 1. The Kier molecular flexibility index (Phi) is 4.18. The SMILES string of the molecule is CC1CCC(=O)N1CCCN1CCNCC1. The van der Waals surface area contributed by atoms with Gasteiger partial charge in [-0.25, -0.2) is 0 Å². The summed E-state index contributed by atoms with van der Waals surface area (Å²) in [6.45, 7) is 8.78. The summed E-state index contributed by atoms with van der Waals surface area (Å²) in [6, 6.07) is 0.468. The zero-order valence-corrected chi connectivity index (χ0v) is 10.2. The molecule has 4 nitrogen and oxygen atoms in total. The van der Waals surface area contributed by atoms with E-state index in [2.05, 4.69) is 22.0 Å². The van der Waals surface area contributed by atoms with Gasteiger partial charge in [-0.1, -0.05) is 0 Å². The molecule has 0 aromatic rings. The van der Waals surface area contributed by atoms with E-state index in [-0.39, 0.29) is 0 Å². The summed E-state index contributed by atoms with van der Waals surface area (Å²) in [7, 11) is 0. The minimum Gasteiger partial charge on any atom is -0.340 e. The topological polar surface area (TPSA) is 35.6 Å². The number of carbonyl (C=O) groups is 1. The van der Waals surface area contributed by atoms with Crippen LogP contribution in [0.15, 0.2) is 0 Å². The molecule has 0 spiro atoms. The molecule has 1 amide bonds. The van der Waals surface area contributed by atoms with Gasteiger partial charge in [-0.2, -0.15) is 0 Å². The Hall–Kier alpha value is -0.610. The van der Waals surface area contributed by atoms with Gasteiger partial charge in [0.1, 0.15) is 0 Å². The predicted octanol–water partition coefficient (Wildman–Crippen LogP) is 0.293. The summed E-state index contributed by atoms with van der Waals surface area (Å²) < 4.78 is 0. The second-order valence-electron chi connectivity index (χ2n) is 4.92. The Balaban J connectivity index is 1.65. The van der Waals surface area contributed by atoms with Crippen LogP contribution in [0.25, 0.3) is 0 Å². The highest BCUT2D eigenvalue weighted by atomic mass is 16.2. The molecule has 2 saturated heterocycles. The molecule has 92 valence electrons. The zero-order chi connectivity index (χ0) is 11.4. The van der Waals surface area contributed by atoms with Gasteiger partial charge in [0.15, 0.2) is 0 Å². The van der Waals surface area contributed by atoms with E-state index in [9.17, 15) is 4.79 Å². The van der Waals surface area contributed by atoms with Crippen LogP contribution in [0.4, 0.5) is 0 Å². The van der Waals surface area contributed by atoms with Crippen molar-refractivity contribution in [2.24, 2.45) is 0 Å². The Bertz CT molecular complexity index is 238. The van der Waals surface area contributed by atoms with Crippen LogP contribution in [0, 0.1) is 0 Å². The van der Waals surface area contributed by atoms with Crippen LogP contribution in [0.1, 0.15) is 26.2 Å². The van der Waals surface area contributed by atoms with E-state index < -0.39 is 0 Å². The Morgan fingerprint density at radius 3 is 2.69 bits per heavy atom. The molecule has 0 radical (unpaired) electrons. The number of hydrogen-bond acceptors (Lipinski definition) is 3. The second kappa shape index (κ2) is 5.64. The highest BCUT2D eigenvalue weighted by Crippen LogP contribution is 2.17. The number of rotatable bonds is 4. The molecule has 2 aliphatic rings. The van der Waals surface area contributed by atoms with Crippen molar-refractivity contribution in [2.45, 2.75) is 32.2 Å². The Morgan fingerprint density at radius 1 is 1.31 bits per heavy atom. The number of nitrogens with zero attached hydrogens (tertiary/aromatic N) is 2. The monoisotopic (exact) mass is 225 g/mol. The van der Waals surface area contributed by atoms with Crippen molar-refractivity contribution in [1.29, 1.82) is 0 Å². The third-order valence-electron chi connectivity index (χ3n) is 3.71. The highest BCUT2D eigenvalue weighted by molar-refractivity contribution is 5.78. The van der Waals surface area contributed by atoms with Crippen molar-refractivity contribution in [1.82, 2.24) is 15.1 Å². The lowest BCUT2D eigenvalue weighted by molar-refractivity contribution is -0.128. The van der Waals surface area contributed by atoms with Gasteiger partial charge >= 0.3 is 0 Å². The maximum absolute atomic E-state index is 11.6.